The molecule has 0 aliphatic heterocycles. The normalized spacial score (nSPS) is 9.69. The van der Waals surface area contributed by atoms with Crippen molar-refractivity contribution in [3.05, 3.63) is 24.4 Å². The van der Waals surface area contributed by atoms with Crippen molar-refractivity contribution in [3.63, 3.8) is 0 Å². The number of nitrogens with zero attached hydrogens (tertiary/aromatic N) is 2. The molecule has 1 amide bonds. The molecule has 0 unspecified atom stereocenters. The van der Waals surface area contributed by atoms with Crippen LogP contribution < -0.4 is 4.90 Å². The molecular weight excluding hydrogens is 184 g/mol. The van der Waals surface area contributed by atoms with Crippen LogP contribution in [-0.2, 0) is 4.79 Å². The van der Waals surface area contributed by atoms with Crippen molar-refractivity contribution in [2.45, 2.75) is 6.42 Å². The minimum atomic E-state index is 0.0358. The number of rotatable bonds is 3. The highest BCUT2D eigenvalue weighted by molar-refractivity contribution is 7.80. The van der Waals surface area contributed by atoms with Gasteiger partial charge in [0, 0.05) is 19.7 Å². The first-order chi connectivity index (χ1) is 6.25. The first-order valence-corrected chi connectivity index (χ1v) is 4.67. The molecule has 0 spiro atoms. The predicted octanol–water partition coefficient (Wildman–Crippen LogP) is 1.36. The molecular formula is C9H12N2OS. The number of hydrogen-bond donors (Lipinski definition) is 1. The number of thiol groups is 1. The maximum absolute atomic E-state index is 11.4. The Morgan fingerprint density at radius 2 is 2.38 bits per heavy atom. The van der Waals surface area contributed by atoms with Gasteiger partial charge < -0.3 is 0 Å². The number of pyridine rings is 1. The third kappa shape index (κ3) is 2.73. The van der Waals surface area contributed by atoms with E-state index in [1.165, 1.54) is 4.90 Å². The highest BCUT2D eigenvalue weighted by atomic mass is 32.1. The van der Waals surface area contributed by atoms with Gasteiger partial charge in [-0.15, -0.1) is 0 Å². The van der Waals surface area contributed by atoms with E-state index < -0.39 is 0 Å². The molecule has 0 atom stereocenters. The molecule has 4 heteroatoms. The Kier molecular flexibility index (Phi) is 3.76. The molecule has 0 N–H and O–H groups in total. The molecule has 3 nitrogen and oxygen atoms in total. The van der Waals surface area contributed by atoms with E-state index in [-0.39, 0.29) is 5.91 Å². The Bertz CT molecular complexity index is 276. The van der Waals surface area contributed by atoms with Crippen LogP contribution >= 0.6 is 12.6 Å². The van der Waals surface area contributed by atoms with E-state index in [2.05, 4.69) is 17.6 Å². The molecule has 0 radical (unpaired) electrons. The Morgan fingerprint density at radius 3 is 2.92 bits per heavy atom. The molecule has 0 saturated carbocycles. The van der Waals surface area contributed by atoms with Gasteiger partial charge >= 0.3 is 0 Å². The minimum Gasteiger partial charge on any atom is -0.300 e. The lowest BCUT2D eigenvalue weighted by atomic mass is 10.4. The van der Waals surface area contributed by atoms with Crippen molar-refractivity contribution in [2.75, 3.05) is 17.7 Å². The quantitative estimate of drug-likeness (QED) is 0.741. The van der Waals surface area contributed by atoms with Gasteiger partial charge in [-0.3, -0.25) is 9.69 Å². The average molecular weight is 196 g/mol. The Labute approximate surface area is 83.2 Å². The van der Waals surface area contributed by atoms with Crippen molar-refractivity contribution in [2.24, 2.45) is 0 Å². The summed E-state index contributed by atoms with van der Waals surface area (Å²) in [5.74, 6) is 1.28. The zero-order valence-electron chi connectivity index (χ0n) is 7.47. The second kappa shape index (κ2) is 4.87. The van der Waals surface area contributed by atoms with Gasteiger partial charge in [-0.05, 0) is 17.9 Å². The number of aromatic nitrogens is 1. The predicted molar refractivity (Wildman–Crippen MR) is 56.1 cm³/mol. The lowest BCUT2D eigenvalue weighted by Gasteiger charge is -2.14. The van der Waals surface area contributed by atoms with E-state index in [0.717, 1.165) is 0 Å². The van der Waals surface area contributed by atoms with Gasteiger partial charge in [-0.2, -0.15) is 12.6 Å². The van der Waals surface area contributed by atoms with Crippen LogP contribution in [0.5, 0.6) is 0 Å². The van der Waals surface area contributed by atoms with Crippen LogP contribution in [0.1, 0.15) is 6.42 Å². The summed E-state index contributed by atoms with van der Waals surface area (Å²) in [5, 5.41) is 0. The summed E-state index contributed by atoms with van der Waals surface area (Å²) < 4.78 is 0. The molecule has 0 bridgehead atoms. The zero-order valence-corrected chi connectivity index (χ0v) is 8.37. The largest absolute Gasteiger partial charge is 0.300 e. The Morgan fingerprint density at radius 1 is 1.62 bits per heavy atom. The summed E-state index contributed by atoms with van der Waals surface area (Å²) in [4.78, 5) is 17.0. The van der Waals surface area contributed by atoms with E-state index in [4.69, 9.17) is 0 Å². The van der Waals surface area contributed by atoms with Crippen LogP contribution in [0.3, 0.4) is 0 Å². The number of carbonyl (C=O) groups is 1. The van der Waals surface area contributed by atoms with E-state index in [0.29, 0.717) is 18.0 Å². The summed E-state index contributed by atoms with van der Waals surface area (Å²) in [6, 6.07) is 5.48. The second-order valence-corrected chi connectivity index (χ2v) is 3.06. The van der Waals surface area contributed by atoms with Crippen LogP contribution in [-0.4, -0.2) is 23.7 Å². The van der Waals surface area contributed by atoms with Crippen LogP contribution in [0, 0.1) is 0 Å². The van der Waals surface area contributed by atoms with Crippen molar-refractivity contribution >= 4 is 24.4 Å². The Hall–Kier alpha value is -1.03. The van der Waals surface area contributed by atoms with E-state index in [9.17, 15) is 4.79 Å². The minimum absolute atomic E-state index is 0.0358. The van der Waals surface area contributed by atoms with Crippen LogP contribution in [0.4, 0.5) is 5.82 Å². The van der Waals surface area contributed by atoms with Crippen LogP contribution in [0.2, 0.25) is 0 Å². The first kappa shape index (κ1) is 10.1. The fraction of sp³-hybridized carbons (Fsp3) is 0.333. The molecule has 0 saturated heterocycles. The first-order valence-electron chi connectivity index (χ1n) is 4.04. The average Bonchev–Trinajstić information content (AvgIpc) is 2.18. The maximum atomic E-state index is 11.4. The fourth-order valence-corrected chi connectivity index (χ4v) is 1.13. The van der Waals surface area contributed by atoms with Gasteiger partial charge in [-0.25, -0.2) is 4.98 Å². The van der Waals surface area contributed by atoms with Crippen LogP contribution in [0.15, 0.2) is 24.4 Å². The third-order valence-electron chi connectivity index (χ3n) is 1.69. The van der Waals surface area contributed by atoms with Gasteiger partial charge in [-0.1, -0.05) is 6.07 Å². The molecule has 13 heavy (non-hydrogen) atoms. The maximum Gasteiger partial charge on any atom is 0.228 e. The third-order valence-corrected chi connectivity index (χ3v) is 1.92. The molecule has 0 aromatic carbocycles. The highest BCUT2D eigenvalue weighted by Gasteiger charge is 2.09. The van der Waals surface area contributed by atoms with Crippen molar-refractivity contribution in [1.29, 1.82) is 0 Å². The molecule has 1 aromatic heterocycles. The van der Waals surface area contributed by atoms with Crippen molar-refractivity contribution in [1.82, 2.24) is 4.98 Å². The van der Waals surface area contributed by atoms with Gasteiger partial charge in [0.1, 0.15) is 5.82 Å². The van der Waals surface area contributed by atoms with Crippen LogP contribution in [0.25, 0.3) is 0 Å². The zero-order chi connectivity index (χ0) is 9.68. The Balaban J connectivity index is 2.68. The number of amides is 1. The summed E-state index contributed by atoms with van der Waals surface area (Å²) in [6.45, 7) is 0. The number of hydrogen-bond acceptors (Lipinski definition) is 3. The lowest BCUT2D eigenvalue weighted by molar-refractivity contribution is -0.117. The van der Waals surface area contributed by atoms with Gasteiger partial charge in [0.05, 0.1) is 0 Å². The van der Waals surface area contributed by atoms with E-state index in [1.807, 2.05) is 12.1 Å². The molecule has 1 heterocycles. The SMILES string of the molecule is CN(C(=O)CCS)c1ccccn1. The molecule has 1 aromatic rings. The standard InChI is InChI=1S/C9H12N2OS/c1-11(9(12)5-7-13)8-4-2-3-6-10-8/h2-4,6,13H,5,7H2,1H3. The molecule has 0 aliphatic carbocycles. The summed E-state index contributed by atoms with van der Waals surface area (Å²) in [7, 11) is 1.72. The van der Waals surface area contributed by atoms with Gasteiger partial charge in [0.25, 0.3) is 0 Å². The smallest absolute Gasteiger partial charge is 0.228 e. The highest BCUT2D eigenvalue weighted by Crippen LogP contribution is 2.07. The van der Waals surface area contributed by atoms with Gasteiger partial charge in [0.15, 0.2) is 0 Å². The van der Waals surface area contributed by atoms with Crippen molar-refractivity contribution in [3.8, 4) is 0 Å². The number of carbonyl (C=O) groups excluding carboxylic acids is 1. The van der Waals surface area contributed by atoms with Gasteiger partial charge in [0.2, 0.25) is 5.91 Å². The fourth-order valence-electron chi connectivity index (χ4n) is 0.943. The van der Waals surface area contributed by atoms with E-state index in [1.54, 1.807) is 19.3 Å². The summed E-state index contributed by atoms with van der Waals surface area (Å²) in [6.07, 6.45) is 2.11. The monoisotopic (exact) mass is 196 g/mol. The molecule has 0 fully saturated rings. The lowest BCUT2D eigenvalue weighted by Crippen LogP contribution is -2.26. The van der Waals surface area contributed by atoms with E-state index >= 15 is 0 Å². The second-order valence-electron chi connectivity index (χ2n) is 2.61. The summed E-state index contributed by atoms with van der Waals surface area (Å²) >= 11 is 4.00. The molecule has 1 rings (SSSR count). The topological polar surface area (TPSA) is 33.2 Å². The summed E-state index contributed by atoms with van der Waals surface area (Å²) in [5.41, 5.74) is 0. The van der Waals surface area contributed by atoms with Crippen molar-refractivity contribution < 1.29 is 4.79 Å². The number of anilines is 1. The molecule has 70 valence electrons. The molecule has 0 aliphatic rings.